The molecule has 0 aliphatic heterocycles. The van der Waals surface area contributed by atoms with Gasteiger partial charge in [0, 0.05) is 22.7 Å². The van der Waals surface area contributed by atoms with Crippen molar-refractivity contribution in [2.45, 2.75) is 13.0 Å². The predicted molar refractivity (Wildman–Crippen MR) is 104 cm³/mol. The predicted octanol–water partition coefficient (Wildman–Crippen LogP) is 3.84. The van der Waals surface area contributed by atoms with Crippen LogP contribution in [0.5, 0.6) is 0 Å². The molecule has 0 aliphatic carbocycles. The standard InChI is InChI=1S/C21H19ClN2O3/c22-18-4-1-3-15(13-18)10-11-23-20(25)16-6-8-17(9-7-16)21(26)24-14-19-5-2-12-27-19/h1-9,12-13H,10-11,14H2,(H,23,25)(H,24,26). The van der Waals surface area contributed by atoms with E-state index in [-0.39, 0.29) is 11.8 Å². The van der Waals surface area contributed by atoms with Crippen LogP contribution in [0.25, 0.3) is 0 Å². The van der Waals surface area contributed by atoms with Gasteiger partial charge in [-0.05, 0) is 60.5 Å². The SMILES string of the molecule is O=C(NCCc1cccc(Cl)c1)c1ccc(C(=O)NCc2ccco2)cc1. The van der Waals surface area contributed by atoms with Gasteiger partial charge in [-0.2, -0.15) is 0 Å². The van der Waals surface area contributed by atoms with Crippen molar-refractivity contribution in [1.29, 1.82) is 0 Å². The first-order valence-electron chi connectivity index (χ1n) is 8.55. The number of carbonyl (C=O) groups excluding carboxylic acids is 2. The average molecular weight is 383 g/mol. The zero-order valence-corrected chi connectivity index (χ0v) is 15.3. The van der Waals surface area contributed by atoms with Crippen molar-refractivity contribution in [1.82, 2.24) is 10.6 Å². The summed E-state index contributed by atoms with van der Waals surface area (Å²) in [6, 6.07) is 17.6. The van der Waals surface area contributed by atoms with Gasteiger partial charge in [0.25, 0.3) is 11.8 Å². The fourth-order valence-electron chi connectivity index (χ4n) is 2.57. The molecule has 0 atom stereocenters. The lowest BCUT2D eigenvalue weighted by Gasteiger charge is -2.07. The fourth-order valence-corrected chi connectivity index (χ4v) is 2.78. The molecule has 2 aromatic carbocycles. The van der Waals surface area contributed by atoms with Gasteiger partial charge in [-0.1, -0.05) is 23.7 Å². The Morgan fingerprint density at radius 3 is 2.22 bits per heavy atom. The second-order valence-corrected chi connectivity index (χ2v) is 6.41. The maximum atomic E-state index is 12.2. The summed E-state index contributed by atoms with van der Waals surface area (Å²) in [5.41, 5.74) is 2.05. The van der Waals surface area contributed by atoms with Gasteiger partial charge in [0.15, 0.2) is 0 Å². The number of nitrogens with one attached hydrogen (secondary N) is 2. The van der Waals surface area contributed by atoms with Crippen LogP contribution in [-0.4, -0.2) is 18.4 Å². The first-order valence-corrected chi connectivity index (χ1v) is 8.93. The molecule has 0 spiro atoms. The van der Waals surface area contributed by atoms with E-state index in [2.05, 4.69) is 10.6 Å². The zero-order chi connectivity index (χ0) is 19.1. The Bertz CT molecular complexity index is 905. The molecule has 0 fully saturated rings. The summed E-state index contributed by atoms with van der Waals surface area (Å²) in [6.07, 6.45) is 2.25. The van der Waals surface area contributed by atoms with Crippen LogP contribution in [-0.2, 0) is 13.0 Å². The van der Waals surface area contributed by atoms with Crippen molar-refractivity contribution >= 4 is 23.4 Å². The first kappa shape index (κ1) is 18.7. The number of halogens is 1. The number of rotatable bonds is 7. The zero-order valence-electron chi connectivity index (χ0n) is 14.6. The van der Waals surface area contributed by atoms with E-state index in [1.165, 1.54) is 0 Å². The van der Waals surface area contributed by atoms with Gasteiger partial charge < -0.3 is 15.1 Å². The van der Waals surface area contributed by atoms with Crippen molar-refractivity contribution < 1.29 is 14.0 Å². The van der Waals surface area contributed by atoms with Gasteiger partial charge in [-0.3, -0.25) is 9.59 Å². The molecule has 1 aromatic heterocycles. The van der Waals surface area contributed by atoms with Gasteiger partial charge in [0.1, 0.15) is 5.76 Å². The lowest BCUT2D eigenvalue weighted by atomic mass is 10.1. The van der Waals surface area contributed by atoms with Crippen LogP contribution < -0.4 is 10.6 Å². The summed E-state index contributed by atoms with van der Waals surface area (Å²) >= 11 is 5.95. The number of furan rings is 1. The number of hydrogen-bond donors (Lipinski definition) is 2. The largest absolute Gasteiger partial charge is 0.467 e. The van der Waals surface area contributed by atoms with Crippen LogP contribution in [0.2, 0.25) is 5.02 Å². The monoisotopic (exact) mass is 382 g/mol. The number of amides is 2. The van der Waals surface area contributed by atoms with Crippen LogP contribution >= 0.6 is 11.6 Å². The van der Waals surface area contributed by atoms with E-state index in [0.717, 1.165) is 5.56 Å². The molecule has 0 saturated carbocycles. The molecule has 3 rings (SSSR count). The van der Waals surface area contributed by atoms with Gasteiger partial charge in [-0.25, -0.2) is 0 Å². The quantitative estimate of drug-likeness (QED) is 0.652. The molecule has 0 saturated heterocycles. The van der Waals surface area contributed by atoms with Gasteiger partial charge in [0.05, 0.1) is 12.8 Å². The van der Waals surface area contributed by atoms with E-state index in [1.54, 1.807) is 42.7 Å². The number of hydrogen-bond acceptors (Lipinski definition) is 3. The first-order chi connectivity index (χ1) is 13.1. The lowest BCUT2D eigenvalue weighted by molar-refractivity contribution is 0.0939. The van der Waals surface area contributed by atoms with Crippen molar-refractivity contribution in [2.75, 3.05) is 6.54 Å². The maximum absolute atomic E-state index is 12.2. The molecule has 0 bridgehead atoms. The van der Waals surface area contributed by atoms with Crippen LogP contribution in [0.4, 0.5) is 0 Å². The summed E-state index contributed by atoms with van der Waals surface area (Å²) < 4.78 is 5.17. The van der Waals surface area contributed by atoms with E-state index in [9.17, 15) is 9.59 Å². The summed E-state index contributed by atoms with van der Waals surface area (Å²) in [7, 11) is 0. The van der Waals surface area contributed by atoms with Crippen molar-refractivity contribution in [2.24, 2.45) is 0 Å². The Balaban J connectivity index is 1.48. The fraction of sp³-hybridized carbons (Fsp3) is 0.143. The normalized spacial score (nSPS) is 10.4. The molecule has 2 amide bonds. The van der Waals surface area contributed by atoms with Crippen LogP contribution in [0.1, 0.15) is 32.0 Å². The Labute approximate surface area is 162 Å². The Morgan fingerprint density at radius 1 is 0.889 bits per heavy atom. The summed E-state index contributed by atoms with van der Waals surface area (Å²) in [5, 5.41) is 6.31. The maximum Gasteiger partial charge on any atom is 0.251 e. The van der Waals surface area contributed by atoms with Gasteiger partial charge >= 0.3 is 0 Å². The van der Waals surface area contributed by atoms with Gasteiger partial charge in [-0.15, -0.1) is 0 Å². The molecular formula is C21H19ClN2O3. The van der Waals surface area contributed by atoms with E-state index >= 15 is 0 Å². The topological polar surface area (TPSA) is 71.3 Å². The Morgan fingerprint density at radius 2 is 1.59 bits per heavy atom. The molecule has 6 heteroatoms. The van der Waals surface area contributed by atoms with Crippen molar-refractivity contribution in [3.8, 4) is 0 Å². The molecule has 3 aromatic rings. The van der Waals surface area contributed by atoms with E-state index < -0.39 is 0 Å². The molecule has 1 heterocycles. The highest BCUT2D eigenvalue weighted by molar-refractivity contribution is 6.30. The Hall–Kier alpha value is -3.05. The van der Waals surface area contributed by atoms with Crippen LogP contribution in [0.15, 0.2) is 71.3 Å². The summed E-state index contributed by atoms with van der Waals surface area (Å²) in [6.45, 7) is 0.822. The Kier molecular flexibility index (Phi) is 6.28. The van der Waals surface area contributed by atoms with E-state index in [4.69, 9.17) is 16.0 Å². The second kappa shape index (κ2) is 9.05. The third-order valence-electron chi connectivity index (χ3n) is 4.00. The van der Waals surface area contributed by atoms with E-state index in [0.29, 0.717) is 41.4 Å². The molecule has 0 aliphatic rings. The van der Waals surface area contributed by atoms with Crippen LogP contribution in [0.3, 0.4) is 0 Å². The molecule has 5 nitrogen and oxygen atoms in total. The minimum atomic E-state index is -0.223. The highest BCUT2D eigenvalue weighted by Crippen LogP contribution is 2.11. The molecule has 0 radical (unpaired) electrons. The average Bonchev–Trinajstić information content (AvgIpc) is 3.20. The van der Waals surface area contributed by atoms with Crippen molar-refractivity contribution in [3.63, 3.8) is 0 Å². The third kappa shape index (κ3) is 5.46. The molecule has 2 N–H and O–H groups in total. The smallest absolute Gasteiger partial charge is 0.251 e. The summed E-state index contributed by atoms with van der Waals surface area (Å²) in [5.74, 6) is 0.276. The summed E-state index contributed by atoms with van der Waals surface area (Å²) in [4.78, 5) is 24.3. The highest BCUT2D eigenvalue weighted by atomic mass is 35.5. The minimum absolute atomic E-state index is 0.181. The second-order valence-electron chi connectivity index (χ2n) is 5.98. The molecular weight excluding hydrogens is 364 g/mol. The third-order valence-corrected chi connectivity index (χ3v) is 4.24. The van der Waals surface area contributed by atoms with E-state index in [1.807, 2.05) is 24.3 Å². The lowest BCUT2D eigenvalue weighted by Crippen LogP contribution is -2.26. The highest BCUT2D eigenvalue weighted by Gasteiger charge is 2.09. The van der Waals surface area contributed by atoms with Crippen LogP contribution in [0, 0.1) is 0 Å². The van der Waals surface area contributed by atoms with Gasteiger partial charge in [0.2, 0.25) is 0 Å². The molecule has 138 valence electrons. The van der Waals surface area contributed by atoms with Crippen molar-refractivity contribution in [3.05, 3.63) is 94.4 Å². The molecule has 27 heavy (non-hydrogen) atoms. The number of benzene rings is 2. The molecule has 0 unspecified atom stereocenters. The number of carbonyl (C=O) groups is 2. The minimum Gasteiger partial charge on any atom is -0.467 e.